The molecule has 108 valence electrons. The highest BCUT2D eigenvalue weighted by Crippen LogP contribution is 2.26. The molecule has 0 fully saturated rings. The van der Waals surface area contributed by atoms with E-state index in [9.17, 15) is 0 Å². The molecule has 0 aliphatic rings. The number of nitrogens with two attached hydrogens (primary N) is 1. The smallest absolute Gasteiger partial charge is 0.187 e. The standard InChI is InChI=1S/C13H15N7O/c1-3-21-12-5-9(4-10(14)6-12)13-16-17-18-20(13)11-7-15-19(2)8-11/h4-8H,3,14H2,1-2H3. The summed E-state index contributed by atoms with van der Waals surface area (Å²) in [5, 5.41) is 15.9. The maximum Gasteiger partial charge on any atom is 0.187 e. The Morgan fingerprint density at radius 2 is 2.14 bits per heavy atom. The van der Waals surface area contributed by atoms with E-state index < -0.39 is 0 Å². The van der Waals surface area contributed by atoms with Gasteiger partial charge in [0, 0.05) is 24.4 Å². The second kappa shape index (κ2) is 5.23. The van der Waals surface area contributed by atoms with Gasteiger partial charge >= 0.3 is 0 Å². The second-order valence-electron chi connectivity index (χ2n) is 4.51. The van der Waals surface area contributed by atoms with Crippen molar-refractivity contribution in [2.45, 2.75) is 6.92 Å². The van der Waals surface area contributed by atoms with Crippen molar-refractivity contribution in [1.29, 1.82) is 0 Å². The first-order chi connectivity index (χ1) is 10.2. The SMILES string of the molecule is CCOc1cc(N)cc(-c2nnnn2-c2cnn(C)c2)c1. The van der Waals surface area contributed by atoms with Crippen molar-refractivity contribution in [2.24, 2.45) is 7.05 Å². The van der Waals surface area contributed by atoms with E-state index in [0.29, 0.717) is 23.9 Å². The fraction of sp³-hybridized carbons (Fsp3) is 0.231. The average molecular weight is 285 g/mol. The molecule has 0 amide bonds. The van der Waals surface area contributed by atoms with E-state index in [1.54, 1.807) is 27.7 Å². The van der Waals surface area contributed by atoms with Gasteiger partial charge in [-0.25, -0.2) is 0 Å². The van der Waals surface area contributed by atoms with Crippen LogP contribution in [0.3, 0.4) is 0 Å². The van der Waals surface area contributed by atoms with E-state index >= 15 is 0 Å². The van der Waals surface area contributed by atoms with Crippen molar-refractivity contribution in [3.63, 3.8) is 0 Å². The Kier molecular flexibility index (Phi) is 3.27. The summed E-state index contributed by atoms with van der Waals surface area (Å²) in [7, 11) is 1.83. The summed E-state index contributed by atoms with van der Waals surface area (Å²) in [6, 6.07) is 5.44. The molecule has 1 aromatic carbocycles. The van der Waals surface area contributed by atoms with Gasteiger partial charge in [0.1, 0.15) is 11.4 Å². The highest BCUT2D eigenvalue weighted by atomic mass is 16.5. The Hall–Kier alpha value is -2.90. The van der Waals surface area contributed by atoms with Crippen LogP contribution in [0.1, 0.15) is 6.92 Å². The molecule has 0 aliphatic carbocycles. The Morgan fingerprint density at radius 3 is 2.86 bits per heavy atom. The third-order valence-corrected chi connectivity index (χ3v) is 2.90. The van der Waals surface area contributed by atoms with Crippen LogP contribution in [0.4, 0.5) is 5.69 Å². The predicted octanol–water partition coefficient (Wildman–Crippen LogP) is 1.04. The number of hydrogen-bond acceptors (Lipinski definition) is 6. The molecule has 2 heterocycles. The third kappa shape index (κ3) is 2.55. The number of anilines is 1. The van der Waals surface area contributed by atoms with Gasteiger partial charge in [0.25, 0.3) is 0 Å². The van der Waals surface area contributed by atoms with Crippen LogP contribution >= 0.6 is 0 Å². The molecular weight excluding hydrogens is 270 g/mol. The van der Waals surface area contributed by atoms with E-state index in [1.807, 2.05) is 26.2 Å². The van der Waals surface area contributed by atoms with Crippen LogP contribution < -0.4 is 10.5 Å². The van der Waals surface area contributed by atoms with E-state index in [0.717, 1.165) is 11.3 Å². The Morgan fingerprint density at radius 1 is 1.29 bits per heavy atom. The summed E-state index contributed by atoms with van der Waals surface area (Å²) in [5.41, 5.74) is 8.07. The van der Waals surface area contributed by atoms with Gasteiger partial charge < -0.3 is 10.5 Å². The molecular formula is C13H15N7O. The van der Waals surface area contributed by atoms with Gasteiger partial charge in [-0.3, -0.25) is 4.68 Å². The molecule has 2 aromatic heterocycles. The lowest BCUT2D eigenvalue weighted by Gasteiger charge is -2.07. The van der Waals surface area contributed by atoms with Crippen LogP contribution in [-0.4, -0.2) is 36.6 Å². The normalized spacial score (nSPS) is 10.8. The summed E-state index contributed by atoms with van der Waals surface area (Å²) < 4.78 is 8.80. The predicted molar refractivity (Wildman–Crippen MR) is 76.9 cm³/mol. The van der Waals surface area contributed by atoms with Crippen molar-refractivity contribution in [3.8, 4) is 22.8 Å². The number of hydrogen-bond donors (Lipinski definition) is 1. The largest absolute Gasteiger partial charge is 0.494 e. The molecule has 0 unspecified atom stereocenters. The number of benzene rings is 1. The Labute approximate surface area is 121 Å². The molecule has 0 atom stereocenters. The number of aryl methyl sites for hydroxylation is 1. The lowest BCUT2D eigenvalue weighted by molar-refractivity contribution is 0.340. The zero-order chi connectivity index (χ0) is 14.8. The fourth-order valence-corrected chi connectivity index (χ4v) is 2.06. The molecule has 21 heavy (non-hydrogen) atoms. The lowest BCUT2D eigenvalue weighted by Crippen LogP contribution is -2.00. The van der Waals surface area contributed by atoms with Gasteiger partial charge in [-0.1, -0.05) is 0 Å². The maximum absolute atomic E-state index is 5.91. The van der Waals surface area contributed by atoms with Crippen LogP contribution in [0.15, 0.2) is 30.6 Å². The summed E-state index contributed by atoms with van der Waals surface area (Å²) in [6.45, 7) is 2.49. The highest BCUT2D eigenvalue weighted by molar-refractivity contribution is 5.65. The van der Waals surface area contributed by atoms with Gasteiger partial charge in [0.2, 0.25) is 0 Å². The lowest BCUT2D eigenvalue weighted by atomic mass is 10.1. The number of ether oxygens (including phenoxy) is 1. The van der Waals surface area contributed by atoms with Crippen LogP contribution in [-0.2, 0) is 7.05 Å². The van der Waals surface area contributed by atoms with Gasteiger partial charge in [-0.05, 0) is 29.5 Å². The van der Waals surface area contributed by atoms with E-state index in [-0.39, 0.29) is 0 Å². The number of rotatable bonds is 4. The van der Waals surface area contributed by atoms with Crippen molar-refractivity contribution >= 4 is 5.69 Å². The zero-order valence-electron chi connectivity index (χ0n) is 11.8. The number of nitrogen functional groups attached to an aromatic ring is 1. The van der Waals surface area contributed by atoms with Crippen molar-refractivity contribution in [2.75, 3.05) is 12.3 Å². The summed E-state index contributed by atoms with van der Waals surface area (Å²) >= 11 is 0. The topological polar surface area (TPSA) is 96.7 Å². The van der Waals surface area contributed by atoms with Crippen LogP contribution in [0.5, 0.6) is 5.75 Å². The molecule has 2 N–H and O–H groups in total. The summed E-state index contributed by atoms with van der Waals surface area (Å²) in [4.78, 5) is 0. The molecule has 0 saturated heterocycles. The molecule has 8 heteroatoms. The Balaban J connectivity index is 2.07. The number of tetrazole rings is 1. The average Bonchev–Trinajstić information content (AvgIpc) is 3.06. The van der Waals surface area contributed by atoms with Gasteiger partial charge in [0.15, 0.2) is 5.82 Å². The van der Waals surface area contributed by atoms with Gasteiger partial charge in [0.05, 0.1) is 19.0 Å². The first-order valence-electron chi connectivity index (χ1n) is 6.48. The molecule has 0 radical (unpaired) electrons. The Bertz CT molecular complexity index is 761. The minimum absolute atomic E-state index is 0.566. The van der Waals surface area contributed by atoms with Crippen LogP contribution in [0, 0.1) is 0 Å². The van der Waals surface area contributed by atoms with E-state index in [4.69, 9.17) is 10.5 Å². The molecule has 0 spiro atoms. The van der Waals surface area contributed by atoms with Crippen LogP contribution in [0.2, 0.25) is 0 Å². The number of aromatic nitrogens is 6. The zero-order valence-corrected chi connectivity index (χ0v) is 11.8. The van der Waals surface area contributed by atoms with Crippen molar-refractivity contribution in [1.82, 2.24) is 30.0 Å². The minimum Gasteiger partial charge on any atom is -0.494 e. The maximum atomic E-state index is 5.91. The second-order valence-corrected chi connectivity index (χ2v) is 4.51. The first kappa shape index (κ1) is 13.1. The van der Waals surface area contributed by atoms with Crippen LogP contribution in [0.25, 0.3) is 17.1 Å². The molecule has 3 aromatic rings. The highest BCUT2D eigenvalue weighted by Gasteiger charge is 2.13. The summed E-state index contributed by atoms with van der Waals surface area (Å²) in [5.74, 6) is 1.27. The van der Waals surface area contributed by atoms with E-state index in [2.05, 4.69) is 20.6 Å². The van der Waals surface area contributed by atoms with Gasteiger partial charge in [-0.15, -0.1) is 5.10 Å². The first-order valence-corrected chi connectivity index (χ1v) is 6.48. The van der Waals surface area contributed by atoms with Gasteiger partial charge in [-0.2, -0.15) is 9.78 Å². The van der Waals surface area contributed by atoms with E-state index in [1.165, 1.54) is 0 Å². The number of nitrogens with zero attached hydrogens (tertiary/aromatic N) is 6. The molecule has 0 bridgehead atoms. The third-order valence-electron chi connectivity index (χ3n) is 2.90. The molecule has 3 rings (SSSR count). The van der Waals surface area contributed by atoms with Crippen molar-refractivity contribution in [3.05, 3.63) is 30.6 Å². The summed E-state index contributed by atoms with van der Waals surface area (Å²) in [6.07, 6.45) is 3.52. The molecule has 0 aliphatic heterocycles. The minimum atomic E-state index is 0.566. The van der Waals surface area contributed by atoms with Crippen molar-refractivity contribution < 1.29 is 4.74 Å². The quantitative estimate of drug-likeness (QED) is 0.719. The molecule has 8 nitrogen and oxygen atoms in total. The fourth-order valence-electron chi connectivity index (χ4n) is 2.06. The monoisotopic (exact) mass is 285 g/mol. The molecule has 0 saturated carbocycles.